The van der Waals surface area contributed by atoms with Gasteiger partial charge in [-0.3, -0.25) is 4.90 Å². The maximum Gasteiger partial charge on any atom is 0.123 e. The van der Waals surface area contributed by atoms with E-state index in [4.69, 9.17) is 0 Å². The van der Waals surface area contributed by atoms with Gasteiger partial charge in [0.1, 0.15) is 5.82 Å². The van der Waals surface area contributed by atoms with Gasteiger partial charge in [-0.1, -0.05) is 22.9 Å². The van der Waals surface area contributed by atoms with Crippen LogP contribution in [0, 0.1) is 17.7 Å². The number of aliphatic hydroxyl groups excluding tert-OH is 1. The van der Waals surface area contributed by atoms with Crippen molar-refractivity contribution in [1.82, 2.24) is 9.80 Å². The van der Waals surface area contributed by atoms with Crippen LogP contribution in [0.4, 0.5) is 4.39 Å². The predicted molar refractivity (Wildman–Crippen MR) is 126 cm³/mol. The van der Waals surface area contributed by atoms with Gasteiger partial charge in [0.05, 0.1) is 6.61 Å². The summed E-state index contributed by atoms with van der Waals surface area (Å²) >= 11 is 3.57. The largest absolute Gasteiger partial charge is 0.395 e. The molecule has 1 aromatic rings. The van der Waals surface area contributed by atoms with Crippen molar-refractivity contribution in [3.05, 3.63) is 34.1 Å². The average molecular weight is 484 g/mol. The fourth-order valence-corrected chi connectivity index (χ4v) is 5.96. The summed E-state index contributed by atoms with van der Waals surface area (Å²) < 4.78 is 14.6. The van der Waals surface area contributed by atoms with E-state index in [1.807, 2.05) is 6.07 Å². The Labute approximate surface area is 191 Å². The Kier molecular flexibility index (Phi) is 10.1. The zero-order chi connectivity index (χ0) is 21.3. The Morgan fingerprint density at radius 3 is 2.50 bits per heavy atom. The Balaban J connectivity index is 1.30. The summed E-state index contributed by atoms with van der Waals surface area (Å²) in [5.74, 6) is 1.45. The number of likely N-dealkylation sites (N-methyl/N-ethyl adjacent to an activating group) is 1. The first-order chi connectivity index (χ1) is 14.6. The minimum absolute atomic E-state index is 0.129. The number of hydrogen-bond donors (Lipinski definition) is 1. The van der Waals surface area contributed by atoms with Gasteiger partial charge < -0.3 is 10.0 Å². The lowest BCUT2D eigenvalue weighted by atomic mass is 9.82. The molecule has 1 aliphatic heterocycles. The molecule has 2 fully saturated rings. The molecule has 0 spiro atoms. The molecule has 1 aromatic carbocycles. The SMILES string of the molecule is CCN(CCO)[C@H]1CC[C@H](CCCN2CCC(Cc3cc(F)ccc3Br)CC2)CC1. The van der Waals surface area contributed by atoms with E-state index in [1.165, 1.54) is 77.1 Å². The topological polar surface area (TPSA) is 26.7 Å². The van der Waals surface area contributed by atoms with E-state index < -0.39 is 0 Å². The van der Waals surface area contributed by atoms with Gasteiger partial charge in [-0.05, 0) is 120 Å². The van der Waals surface area contributed by atoms with Crippen LogP contribution >= 0.6 is 15.9 Å². The Morgan fingerprint density at radius 2 is 1.83 bits per heavy atom. The Morgan fingerprint density at radius 1 is 1.10 bits per heavy atom. The summed E-state index contributed by atoms with van der Waals surface area (Å²) in [6.45, 7) is 8.00. The number of rotatable bonds is 10. The average Bonchev–Trinajstić information content (AvgIpc) is 2.76. The smallest absolute Gasteiger partial charge is 0.123 e. The molecular formula is C25H40BrFN2O. The third-order valence-electron chi connectivity index (χ3n) is 7.44. The van der Waals surface area contributed by atoms with Crippen LogP contribution in [0.2, 0.25) is 0 Å². The highest BCUT2D eigenvalue weighted by Crippen LogP contribution is 2.31. The number of halogens is 2. The molecular weight excluding hydrogens is 443 g/mol. The predicted octanol–water partition coefficient (Wildman–Crippen LogP) is 5.50. The molecule has 1 saturated carbocycles. The van der Waals surface area contributed by atoms with E-state index in [1.54, 1.807) is 6.07 Å². The zero-order valence-electron chi connectivity index (χ0n) is 18.7. The van der Waals surface area contributed by atoms with Crippen molar-refractivity contribution in [1.29, 1.82) is 0 Å². The summed E-state index contributed by atoms with van der Waals surface area (Å²) in [5, 5.41) is 9.24. The molecule has 0 bridgehead atoms. The molecule has 170 valence electrons. The number of piperidine rings is 1. The van der Waals surface area contributed by atoms with Gasteiger partial charge in [-0.2, -0.15) is 0 Å². The van der Waals surface area contributed by atoms with E-state index in [2.05, 4.69) is 32.7 Å². The lowest BCUT2D eigenvalue weighted by Gasteiger charge is -2.36. The zero-order valence-corrected chi connectivity index (χ0v) is 20.3. The van der Waals surface area contributed by atoms with Crippen LogP contribution in [-0.2, 0) is 6.42 Å². The van der Waals surface area contributed by atoms with Crippen molar-refractivity contribution in [3.63, 3.8) is 0 Å². The molecule has 1 aliphatic carbocycles. The van der Waals surface area contributed by atoms with Crippen LogP contribution in [0.15, 0.2) is 22.7 Å². The fourth-order valence-electron chi connectivity index (χ4n) is 5.55. The van der Waals surface area contributed by atoms with Crippen molar-refractivity contribution < 1.29 is 9.50 Å². The molecule has 1 N–H and O–H groups in total. The van der Waals surface area contributed by atoms with Crippen LogP contribution in [0.5, 0.6) is 0 Å². The molecule has 2 aliphatic rings. The molecule has 3 rings (SSSR count). The van der Waals surface area contributed by atoms with Crippen LogP contribution in [0.3, 0.4) is 0 Å². The second-order valence-corrected chi connectivity index (χ2v) is 10.2. The summed E-state index contributed by atoms with van der Waals surface area (Å²) in [4.78, 5) is 5.10. The van der Waals surface area contributed by atoms with E-state index in [0.29, 0.717) is 12.0 Å². The summed E-state index contributed by atoms with van der Waals surface area (Å²) in [5.41, 5.74) is 1.12. The first-order valence-corrected chi connectivity index (χ1v) is 12.9. The van der Waals surface area contributed by atoms with Gasteiger partial charge in [-0.25, -0.2) is 4.39 Å². The fraction of sp³-hybridized carbons (Fsp3) is 0.760. The maximum absolute atomic E-state index is 13.5. The highest BCUT2D eigenvalue weighted by atomic mass is 79.9. The molecule has 0 radical (unpaired) electrons. The number of nitrogens with zero attached hydrogens (tertiary/aromatic N) is 2. The van der Waals surface area contributed by atoms with Crippen molar-refractivity contribution in [3.8, 4) is 0 Å². The molecule has 1 saturated heterocycles. The van der Waals surface area contributed by atoms with Crippen molar-refractivity contribution >= 4 is 15.9 Å². The number of hydrogen-bond acceptors (Lipinski definition) is 3. The summed E-state index contributed by atoms with van der Waals surface area (Å²) in [6.07, 6.45) is 11.5. The summed E-state index contributed by atoms with van der Waals surface area (Å²) in [7, 11) is 0. The molecule has 3 nitrogen and oxygen atoms in total. The number of benzene rings is 1. The third kappa shape index (κ3) is 7.29. The van der Waals surface area contributed by atoms with Crippen LogP contribution in [-0.4, -0.2) is 60.3 Å². The van der Waals surface area contributed by atoms with Gasteiger partial charge in [-0.15, -0.1) is 0 Å². The van der Waals surface area contributed by atoms with E-state index in [9.17, 15) is 9.50 Å². The second kappa shape index (κ2) is 12.5. The maximum atomic E-state index is 13.5. The normalized spacial score (nSPS) is 23.9. The highest BCUT2D eigenvalue weighted by Gasteiger charge is 2.25. The molecule has 0 unspecified atom stereocenters. The van der Waals surface area contributed by atoms with Crippen molar-refractivity contribution in [2.45, 2.75) is 70.8 Å². The van der Waals surface area contributed by atoms with Crippen molar-refractivity contribution in [2.75, 3.05) is 39.3 Å². The first kappa shape index (κ1) is 24.2. The van der Waals surface area contributed by atoms with Crippen LogP contribution < -0.4 is 0 Å². The van der Waals surface area contributed by atoms with Crippen molar-refractivity contribution in [2.24, 2.45) is 11.8 Å². The lowest BCUT2D eigenvalue weighted by Crippen LogP contribution is -2.39. The highest BCUT2D eigenvalue weighted by molar-refractivity contribution is 9.10. The second-order valence-electron chi connectivity index (χ2n) is 9.39. The van der Waals surface area contributed by atoms with Crippen LogP contribution in [0.25, 0.3) is 0 Å². The lowest BCUT2D eigenvalue weighted by molar-refractivity contribution is 0.112. The molecule has 0 aromatic heterocycles. The Bertz CT molecular complexity index is 628. The van der Waals surface area contributed by atoms with E-state index in [0.717, 1.165) is 35.5 Å². The third-order valence-corrected chi connectivity index (χ3v) is 8.21. The molecule has 0 amide bonds. The quantitative estimate of drug-likeness (QED) is 0.477. The molecule has 5 heteroatoms. The van der Waals surface area contributed by atoms with E-state index >= 15 is 0 Å². The van der Waals surface area contributed by atoms with Gasteiger partial charge in [0.25, 0.3) is 0 Å². The molecule has 1 heterocycles. The molecule has 30 heavy (non-hydrogen) atoms. The minimum Gasteiger partial charge on any atom is -0.395 e. The van der Waals surface area contributed by atoms with Crippen LogP contribution in [0.1, 0.15) is 63.9 Å². The molecule has 0 atom stereocenters. The minimum atomic E-state index is -0.129. The van der Waals surface area contributed by atoms with Gasteiger partial charge in [0.15, 0.2) is 0 Å². The van der Waals surface area contributed by atoms with Gasteiger partial charge >= 0.3 is 0 Å². The first-order valence-electron chi connectivity index (χ1n) is 12.1. The van der Waals surface area contributed by atoms with Gasteiger partial charge in [0.2, 0.25) is 0 Å². The Hall–Kier alpha value is -0.490. The van der Waals surface area contributed by atoms with E-state index in [-0.39, 0.29) is 12.4 Å². The standard InChI is InChI=1S/C25H40BrFN2O/c1-2-29(16-17-30)24-8-5-20(6-9-24)4-3-13-28-14-11-21(12-15-28)18-22-19-23(27)7-10-25(22)26/h7,10,19-21,24,30H,2-6,8-9,11-18H2,1H3/t20-,24-. The number of aliphatic hydroxyl groups is 1. The summed E-state index contributed by atoms with van der Waals surface area (Å²) in [6, 6.07) is 5.74. The van der Waals surface area contributed by atoms with Gasteiger partial charge in [0, 0.05) is 17.1 Å². The number of likely N-dealkylation sites (tertiary alicyclic amines) is 1. The monoisotopic (exact) mass is 482 g/mol.